The number of rotatable bonds is 12. The Bertz CT molecular complexity index is 1940. The molecule has 0 spiro atoms. The molecule has 10 heteroatoms. The standard InChI is InChI=1S/C37H37N5O5/c1-26(12-9-10-20-40-24-32(38-39-40)30(25-43)28-15-7-4-8-16-28)37(46)31-22-29(41-21-11-17-34(47-2)35(41)44)18-19-33(31)42(36(37)45)23-27-13-5-3-6-14-27/h3-9,11-19,21-22,24,26,30,43,46H,10,20,23,25H2,1-2H3/b12-9+/t26-,30?,37+/m1/s1. The summed E-state index contributed by atoms with van der Waals surface area (Å²) in [6.07, 6.45) is 7.81. The molecule has 1 aliphatic rings. The Kier molecular flexibility index (Phi) is 9.15. The SMILES string of the molecule is COc1cccn(-c2ccc3c(c2)[C@@](O)([C@H](C)/C=C/CCn2cc(C(CO)c4ccccc4)nn2)C(=O)N3Cc2ccccc2)c1=O. The molecule has 0 saturated carbocycles. The lowest BCUT2D eigenvalue weighted by atomic mass is 9.82. The van der Waals surface area contributed by atoms with E-state index >= 15 is 0 Å². The molecule has 2 aromatic heterocycles. The number of amides is 1. The summed E-state index contributed by atoms with van der Waals surface area (Å²) >= 11 is 0. The Hall–Kier alpha value is -5.32. The number of fused-ring (bicyclic) bond motifs is 1. The van der Waals surface area contributed by atoms with Gasteiger partial charge in [-0.05, 0) is 47.9 Å². The zero-order valence-electron chi connectivity index (χ0n) is 26.3. The lowest BCUT2D eigenvalue weighted by Gasteiger charge is -2.28. The van der Waals surface area contributed by atoms with Gasteiger partial charge in [0.15, 0.2) is 11.4 Å². The third kappa shape index (κ3) is 6.13. The number of aryl methyl sites for hydroxylation is 1. The summed E-state index contributed by atoms with van der Waals surface area (Å²) in [4.78, 5) is 28.8. The van der Waals surface area contributed by atoms with Crippen molar-refractivity contribution in [2.75, 3.05) is 18.6 Å². The minimum absolute atomic E-state index is 0.0797. The summed E-state index contributed by atoms with van der Waals surface area (Å²) in [5.74, 6) is -1.11. The normalized spacial score (nSPS) is 17.2. The number of benzene rings is 3. The van der Waals surface area contributed by atoms with Crippen LogP contribution < -0.4 is 15.2 Å². The van der Waals surface area contributed by atoms with Gasteiger partial charge in [-0.3, -0.25) is 18.8 Å². The second-order valence-corrected chi connectivity index (χ2v) is 11.7. The van der Waals surface area contributed by atoms with Gasteiger partial charge in [0.05, 0.1) is 37.6 Å². The minimum Gasteiger partial charge on any atom is -0.491 e. The molecule has 0 bridgehead atoms. The molecule has 5 aromatic rings. The fourth-order valence-corrected chi connectivity index (χ4v) is 6.12. The summed E-state index contributed by atoms with van der Waals surface area (Å²) in [6.45, 7) is 2.54. The number of aliphatic hydroxyl groups excluding tert-OH is 1. The number of ether oxygens (including phenoxy) is 1. The van der Waals surface area contributed by atoms with Gasteiger partial charge in [0.2, 0.25) is 0 Å². The first-order valence-corrected chi connectivity index (χ1v) is 15.6. The number of pyridine rings is 1. The van der Waals surface area contributed by atoms with Crippen molar-refractivity contribution < 1.29 is 19.7 Å². The lowest BCUT2D eigenvalue weighted by molar-refractivity contribution is -0.139. The van der Waals surface area contributed by atoms with E-state index in [0.717, 1.165) is 11.1 Å². The number of aromatic nitrogens is 4. The van der Waals surface area contributed by atoms with E-state index in [9.17, 15) is 19.8 Å². The molecule has 1 amide bonds. The van der Waals surface area contributed by atoms with Gasteiger partial charge >= 0.3 is 0 Å². The van der Waals surface area contributed by atoms with E-state index in [1.807, 2.05) is 85.9 Å². The minimum atomic E-state index is -1.87. The number of hydrogen-bond donors (Lipinski definition) is 2. The highest BCUT2D eigenvalue weighted by molar-refractivity contribution is 6.07. The molecule has 0 fully saturated rings. The predicted molar refractivity (Wildman–Crippen MR) is 178 cm³/mol. The second kappa shape index (κ2) is 13.6. The Balaban J connectivity index is 1.25. The van der Waals surface area contributed by atoms with Crippen LogP contribution in [0.5, 0.6) is 5.75 Å². The third-order valence-corrected chi connectivity index (χ3v) is 8.75. The Morgan fingerprint density at radius 3 is 2.45 bits per heavy atom. The Morgan fingerprint density at radius 1 is 0.979 bits per heavy atom. The van der Waals surface area contributed by atoms with Crippen LogP contribution in [0.2, 0.25) is 0 Å². The average molecular weight is 632 g/mol. The van der Waals surface area contributed by atoms with Crippen molar-refractivity contribution in [3.63, 3.8) is 0 Å². The number of carbonyl (C=O) groups excluding carboxylic acids is 1. The maximum Gasteiger partial charge on any atom is 0.297 e. The van der Waals surface area contributed by atoms with Crippen molar-refractivity contribution >= 4 is 11.6 Å². The number of aliphatic hydroxyl groups is 2. The average Bonchev–Trinajstić information content (AvgIpc) is 3.65. The summed E-state index contributed by atoms with van der Waals surface area (Å²) in [5, 5.41) is 30.8. The summed E-state index contributed by atoms with van der Waals surface area (Å²) in [6, 6.07) is 27.9. The van der Waals surface area contributed by atoms with Crippen LogP contribution in [0.1, 0.15) is 41.6 Å². The fourth-order valence-electron chi connectivity index (χ4n) is 6.12. The van der Waals surface area contributed by atoms with Crippen molar-refractivity contribution in [3.8, 4) is 11.4 Å². The highest BCUT2D eigenvalue weighted by atomic mass is 16.5. The number of carbonyl (C=O) groups is 1. The molecule has 10 nitrogen and oxygen atoms in total. The first kappa shape index (κ1) is 31.7. The lowest BCUT2D eigenvalue weighted by Crippen LogP contribution is -2.44. The molecule has 0 saturated heterocycles. The quantitative estimate of drug-likeness (QED) is 0.193. The van der Waals surface area contributed by atoms with Crippen LogP contribution in [-0.4, -0.2) is 49.4 Å². The first-order chi connectivity index (χ1) is 22.8. The van der Waals surface area contributed by atoms with E-state index in [1.54, 1.807) is 46.1 Å². The number of nitrogens with zero attached hydrogens (tertiary/aromatic N) is 5. The summed E-state index contributed by atoms with van der Waals surface area (Å²) in [5.41, 5.74) is 1.89. The molecule has 47 heavy (non-hydrogen) atoms. The zero-order valence-corrected chi connectivity index (χ0v) is 26.3. The van der Waals surface area contributed by atoms with Crippen molar-refractivity contribution in [1.29, 1.82) is 0 Å². The van der Waals surface area contributed by atoms with Gasteiger partial charge in [0.1, 0.15) is 0 Å². The predicted octanol–water partition coefficient (Wildman–Crippen LogP) is 4.58. The molecular formula is C37H37N5O5. The topological polar surface area (TPSA) is 123 Å². The van der Waals surface area contributed by atoms with Crippen LogP contribution >= 0.6 is 0 Å². The zero-order chi connectivity index (χ0) is 33.0. The Labute approximate surface area is 272 Å². The van der Waals surface area contributed by atoms with Crippen LogP contribution in [0.3, 0.4) is 0 Å². The van der Waals surface area contributed by atoms with E-state index in [1.165, 1.54) is 11.7 Å². The number of allylic oxidation sites excluding steroid dienone is 1. The summed E-state index contributed by atoms with van der Waals surface area (Å²) in [7, 11) is 1.44. The molecule has 3 heterocycles. The van der Waals surface area contributed by atoms with Gasteiger partial charge in [-0.2, -0.15) is 0 Å². The smallest absolute Gasteiger partial charge is 0.297 e. The highest BCUT2D eigenvalue weighted by Gasteiger charge is 2.52. The van der Waals surface area contributed by atoms with Gasteiger partial charge in [-0.1, -0.05) is 85.0 Å². The first-order valence-electron chi connectivity index (χ1n) is 15.6. The Morgan fingerprint density at radius 2 is 1.72 bits per heavy atom. The molecule has 0 aliphatic carbocycles. The summed E-state index contributed by atoms with van der Waals surface area (Å²) < 4.78 is 8.39. The van der Waals surface area contributed by atoms with Crippen LogP contribution in [0.4, 0.5) is 5.69 Å². The van der Waals surface area contributed by atoms with Crippen LogP contribution in [0.15, 0.2) is 120 Å². The van der Waals surface area contributed by atoms with Crippen molar-refractivity contribution in [3.05, 3.63) is 148 Å². The van der Waals surface area contributed by atoms with Gasteiger partial charge in [-0.25, -0.2) is 0 Å². The van der Waals surface area contributed by atoms with E-state index in [4.69, 9.17) is 4.74 Å². The fraction of sp³-hybridized carbons (Fsp3) is 0.243. The second-order valence-electron chi connectivity index (χ2n) is 11.7. The number of anilines is 1. The van der Waals surface area contributed by atoms with Gasteiger partial charge in [-0.15, -0.1) is 5.10 Å². The molecule has 0 radical (unpaired) electrons. The van der Waals surface area contributed by atoms with Crippen LogP contribution in [-0.2, 0) is 23.5 Å². The number of hydrogen-bond acceptors (Lipinski definition) is 7. The highest BCUT2D eigenvalue weighted by Crippen LogP contribution is 2.46. The van der Waals surface area contributed by atoms with Crippen LogP contribution in [0.25, 0.3) is 5.69 Å². The van der Waals surface area contributed by atoms with Crippen molar-refractivity contribution in [1.82, 2.24) is 19.6 Å². The molecule has 3 atom stereocenters. The maximum atomic E-state index is 14.1. The molecule has 1 aliphatic heterocycles. The molecular weight excluding hydrogens is 594 g/mol. The monoisotopic (exact) mass is 631 g/mol. The van der Waals surface area contributed by atoms with Gasteiger partial charge < -0.3 is 19.8 Å². The molecule has 240 valence electrons. The maximum absolute atomic E-state index is 14.1. The third-order valence-electron chi connectivity index (χ3n) is 8.75. The number of methoxy groups -OCH3 is 1. The van der Waals surface area contributed by atoms with Crippen LogP contribution in [0, 0.1) is 5.92 Å². The molecule has 2 N–H and O–H groups in total. The van der Waals surface area contributed by atoms with Gasteiger partial charge in [0.25, 0.3) is 11.5 Å². The largest absolute Gasteiger partial charge is 0.491 e. The van der Waals surface area contributed by atoms with E-state index in [0.29, 0.717) is 35.6 Å². The molecule has 1 unspecified atom stereocenters. The van der Waals surface area contributed by atoms with Crippen molar-refractivity contribution in [2.24, 2.45) is 5.92 Å². The van der Waals surface area contributed by atoms with E-state index in [-0.39, 0.29) is 30.4 Å². The van der Waals surface area contributed by atoms with E-state index < -0.39 is 17.4 Å². The van der Waals surface area contributed by atoms with E-state index in [2.05, 4.69) is 10.3 Å². The molecule has 6 rings (SSSR count). The van der Waals surface area contributed by atoms with Gasteiger partial charge in [0, 0.05) is 36.1 Å². The van der Waals surface area contributed by atoms with Crippen molar-refractivity contribution in [2.45, 2.75) is 38.0 Å². The molecule has 3 aromatic carbocycles.